The molecule has 4 heteroatoms. The van der Waals surface area contributed by atoms with E-state index in [9.17, 15) is 0 Å². The number of anilines is 3. The first-order chi connectivity index (χ1) is 8.33. The van der Waals surface area contributed by atoms with E-state index in [-0.39, 0.29) is 0 Å². The van der Waals surface area contributed by atoms with Gasteiger partial charge in [0.25, 0.3) is 0 Å². The monoisotopic (exact) mass is 230 g/mol. The lowest BCUT2D eigenvalue weighted by molar-refractivity contribution is 0.866. The van der Waals surface area contributed by atoms with Gasteiger partial charge in [-0.25, -0.2) is 4.98 Å². The van der Waals surface area contributed by atoms with Crippen LogP contribution in [0.1, 0.15) is 13.8 Å². The van der Waals surface area contributed by atoms with Crippen LogP contribution in [0.25, 0.3) is 0 Å². The van der Waals surface area contributed by atoms with E-state index < -0.39 is 0 Å². The summed E-state index contributed by atoms with van der Waals surface area (Å²) in [7, 11) is 0. The largest absolute Gasteiger partial charge is 0.372 e. The molecule has 2 N–H and O–H groups in total. The molecule has 0 aliphatic heterocycles. The lowest BCUT2D eigenvalue weighted by atomic mass is 10.2. The van der Waals surface area contributed by atoms with Crippen molar-refractivity contribution in [1.82, 2.24) is 9.97 Å². The van der Waals surface area contributed by atoms with Gasteiger partial charge in [-0.2, -0.15) is 0 Å². The molecule has 90 valence electrons. The quantitative estimate of drug-likeness (QED) is 0.830. The van der Waals surface area contributed by atoms with E-state index in [4.69, 9.17) is 0 Å². The van der Waals surface area contributed by atoms with Crippen molar-refractivity contribution in [2.24, 2.45) is 0 Å². The highest BCUT2D eigenvalue weighted by molar-refractivity contribution is 5.59. The summed E-state index contributed by atoms with van der Waals surface area (Å²) >= 11 is 0. The number of aromatic nitrogens is 2. The molecule has 1 aromatic heterocycles. The van der Waals surface area contributed by atoms with Crippen molar-refractivity contribution in [1.29, 1.82) is 0 Å². The Bertz CT molecular complexity index is 429. The smallest absolute Gasteiger partial charge is 0.204 e. The van der Waals surface area contributed by atoms with Crippen LogP contribution in [0.3, 0.4) is 0 Å². The van der Waals surface area contributed by atoms with E-state index >= 15 is 0 Å². The Morgan fingerprint density at radius 3 is 2.41 bits per heavy atom. The first kappa shape index (κ1) is 11.5. The van der Waals surface area contributed by atoms with Gasteiger partial charge in [0.05, 0.1) is 0 Å². The average molecular weight is 230 g/mol. The van der Waals surface area contributed by atoms with Gasteiger partial charge in [0.1, 0.15) is 0 Å². The van der Waals surface area contributed by atoms with Crippen LogP contribution in [-0.4, -0.2) is 23.1 Å². The Hall–Kier alpha value is -1.97. The summed E-state index contributed by atoms with van der Waals surface area (Å²) in [5, 5.41) is 3.20. The number of hydrogen-bond acceptors (Lipinski definition) is 3. The lowest BCUT2D eigenvalue weighted by Crippen LogP contribution is -2.21. The lowest BCUT2D eigenvalue weighted by Gasteiger charge is -2.21. The average Bonchev–Trinajstić information content (AvgIpc) is 2.86. The Kier molecular flexibility index (Phi) is 3.65. The molecule has 4 nitrogen and oxygen atoms in total. The van der Waals surface area contributed by atoms with E-state index in [1.807, 2.05) is 0 Å². The van der Waals surface area contributed by atoms with E-state index in [1.54, 1.807) is 12.4 Å². The molecule has 0 aliphatic rings. The molecule has 0 fully saturated rings. The molecule has 2 aromatic rings. The molecule has 0 aliphatic carbocycles. The fraction of sp³-hybridized carbons (Fsp3) is 0.308. The van der Waals surface area contributed by atoms with Crippen LogP contribution < -0.4 is 10.2 Å². The molecule has 0 spiro atoms. The molecule has 0 radical (unpaired) electrons. The predicted octanol–water partition coefficient (Wildman–Crippen LogP) is 3.00. The minimum atomic E-state index is 0.764. The minimum absolute atomic E-state index is 0.764. The zero-order valence-corrected chi connectivity index (χ0v) is 10.3. The Labute approximate surface area is 102 Å². The van der Waals surface area contributed by atoms with Crippen molar-refractivity contribution < 1.29 is 0 Å². The number of nitrogens with zero attached hydrogens (tertiary/aromatic N) is 2. The molecule has 1 aromatic carbocycles. The van der Waals surface area contributed by atoms with Gasteiger partial charge in [-0.3, -0.25) is 0 Å². The van der Waals surface area contributed by atoms with Crippen molar-refractivity contribution in [3.63, 3.8) is 0 Å². The van der Waals surface area contributed by atoms with Crippen LogP contribution in [0.4, 0.5) is 17.3 Å². The second-order valence-corrected chi connectivity index (χ2v) is 3.78. The normalized spacial score (nSPS) is 10.2. The van der Waals surface area contributed by atoms with Gasteiger partial charge in [0, 0.05) is 36.9 Å². The third kappa shape index (κ3) is 2.78. The molecular formula is C13H18N4. The van der Waals surface area contributed by atoms with Gasteiger partial charge >= 0.3 is 0 Å². The first-order valence-corrected chi connectivity index (χ1v) is 5.95. The third-order valence-corrected chi connectivity index (χ3v) is 2.76. The second-order valence-electron chi connectivity index (χ2n) is 3.78. The summed E-state index contributed by atoms with van der Waals surface area (Å²) in [5.74, 6) is 0.764. The molecule has 0 atom stereocenters. The highest BCUT2D eigenvalue weighted by Crippen LogP contribution is 2.19. The van der Waals surface area contributed by atoms with Gasteiger partial charge in [-0.05, 0) is 38.1 Å². The van der Waals surface area contributed by atoms with E-state index in [0.717, 1.165) is 24.7 Å². The number of rotatable bonds is 5. The van der Waals surface area contributed by atoms with Crippen LogP contribution in [0.15, 0.2) is 36.7 Å². The van der Waals surface area contributed by atoms with Gasteiger partial charge in [-0.1, -0.05) is 0 Å². The molecule has 0 amide bonds. The molecule has 1 heterocycles. The van der Waals surface area contributed by atoms with E-state index in [2.05, 4.69) is 58.3 Å². The highest BCUT2D eigenvalue weighted by atomic mass is 15.1. The van der Waals surface area contributed by atoms with E-state index in [0.29, 0.717) is 0 Å². The predicted molar refractivity (Wildman–Crippen MR) is 71.9 cm³/mol. The standard InChI is InChI=1S/C13H18N4/c1-3-17(4-2)12-7-5-11(6-8-12)16-13-14-9-10-15-13/h5-10H,3-4H2,1-2H3,(H2,14,15,16). The summed E-state index contributed by atoms with van der Waals surface area (Å²) in [6.07, 6.45) is 3.53. The van der Waals surface area contributed by atoms with Crippen molar-refractivity contribution >= 4 is 17.3 Å². The molecule has 0 saturated heterocycles. The van der Waals surface area contributed by atoms with Gasteiger partial charge < -0.3 is 15.2 Å². The minimum Gasteiger partial charge on any atom is -0.372 e. The topological polar surface area (TPSA) is 44.0 Å². The SMILES string of the molecule is CCN(CC)c1ccc(Nc2ncc[nH]2)cc1. The number of hydrogen-bond donors (Lipinski definition) is 2. The van der Waals surface area contributed by atoms with Gasteiger partial charge in [0.15, 0.2) is 0 Å². The number of imidazole rings is 1. The summed E-state index contributed by atoms with van der Waals surface area (Å²) in [4.78, 5) is 9.45. The van der Waals surface area contributed by atoms with Gasteiger partial charge in [0.2, 0.25) is 5.95 Å². The van der Waals surface area contributed by atoms with Crippen LogP contribution in [-0.2, 0) is 0 Å². The zero-order chi connectivity index (χ0) is 12.1. The van der Waals surface area contributed by atoms with Gasteiger partial charge in [-0.15, -0.1) is 0 Å². The maximum atomic E-state index is 4.12. The Morgan fingerprint density at radius 1 is 1.18 bits per heavy atom. The molecule has 2 rings (SSSR count). The zero-order valence-electron chi connectivity index (χ0n) is 10.3. The molecule has 0 bridgehead atoms. The number of aromatic amines is 1. The van der Waals surface area contributed by atoms with Crippen molar-refractivity contribution in [2.45, 2.75) is 13.8 Å². The number of H-pyrrole nitrogens is 1. The number of benzene rings is 1. The Balaban J connectivity index is 2.07. The molecule has 0 saturated carbocycles. The first-order valence-electron chi connectivity index (χ1n) is 5.95. The van der Waals surface area contributed by atoms with Crippen LogP contribution in [0.5, 0.6) is 0 Å². The Morgan fingerprint density at radius 2 is 1.88 bits per heavy atom. The van der Waals surface area contributed by atoms with Crippen LogP contribution in [0, 0.1) is 0 Å². The maximum Gasteiger partial charge on any atom is 0.204 e. The van der Waals surface area contributed by atoms with Crippen molar-refractivity contribution in [3.8, 4) is 0 Å². The molecule has 17 heavy (non-hydrogen) atoms. The third-order valence-electron chi connectivity index (χ3n) is 2.76. The van der Waals surface area contributed by atoms with Crippen LogP contribution in [0.2, 0.25) is 0 Å². The summed E-state index contributed by atoms with van der Waals surface area (Å²) in [6, 6.07) is 8.38. The van der Waals surface area contributed by atoms with Crippen molar-refractivity contribution in [2.75, 3.05) is 23.3 Å². The number of nitrogens with one attached hydrogen (secondary N) is 2. The molecule has 0 unspecified atom stereocenters. The highest BCUT2D eigenvalue weighted by Gasteiger charge is 2.01. The van der Waals surface area contributed by atoms with E-state index in [1.165, 1.54) is 5.69 Å². The summed E-state index contributed by atoms with van der Waals surface area (Å²) < 4.78 is 0. The summed E-state index contributed by atoms with van der Waals surface area (Å²) in [5.41, 5.74) is 2.29. The fourth-order valence-corrected chi connectivity index (χ4v) is 1.81. The van der Waals surface area contributed by atoms with Crippen LogP contribution >= 0.6 is 0 Å². The maximum absolute atomic E-state index is 4.12. The molecular weight excluding hydrogens is 212 g/mol. The summed E-state index contributed by atoms with van der Waals surface area (Å²) in [6.45, 7) is 6.39. The fourth-order valence-electron chi connectivity index (χ4n) is 1.81. The second kappa shape index (κ2) is 5.39. The van der Waals surface area contributed by atoms with Crippen molar-refractivity contribution in [3.05, 3.63) is 36.7 Å².